The van der Waals surface area contributed by atoms with Gasteiger partial charge in [0.15, 0.2) is 11.6 Å². The quantitative estimate of drug-likeness (QED) is 0.317. The van der Waals surface area contributed by atoms with E-state index in [1.807, 2.05) is 13.0 Å². The first-order valence-electron chi connectivity index (χ1n) is 10.1. The summed E-state index contributed by atoms with van der Waals surface area (Å²) in [5, 5.41) is 24.3. The van der Waals surface area contributed by atoms with Crippen LogP contribution in [-0.2, 0) is 11.2 Å². The number of hydrogen-bond donors (Lipinski definition) is 2. The van der Waals surface area contributed by atoms with Gasteiger partial charge in [-0.2, -0.15) is 5.21 Å². The Morgan fingerprint density at radius 2 is 2.11 bits per heavy atom. The van der Waals surface area contributed by atoms with Crippen LogP contribution < -0.4 is 0 Å². The summed E-state index contributed by atoms with van der Waals surface area (Å²) in [6, 6.07) is 0. The highest BCUT2D eigenvalue weighted by atomic mass is 16.3. The number of nitrogens with one attached hydrogen (secondary N) is 1. The molecule has 27 heavy (non-hydrogen) atoms. The van der Waals surface area contributed by atoms with E-state index in [0.29, 0.717) is 18.6 Å². The molecular weight excluding hydrogens is 340 g/mol. The second-order valence-electron chi connectivity index (χ2n) is 7.26. The van der Waals surface area contributed by atoms with Crippen LogP contribution in [0.15, 0.2) is 35.6 Å². The van der Waals surface area contributed by atoms with E-state index in [1.165, 1.54) is 12.8 Å². The van der Waals surface area contributed by atoms with Crippen molar-refractivity contribution in [1.82, 2.24) is 20.6 Å². The number of aryl methyl sites for hydroxylation is 1. The number of rotatable bonds is 12. The van der Waals surface area contributed by atoms with Gasteiger partial charge in [-0.05, 0) is 44.3 Å². The van der Waals surface area contributed by atoms with Crippen molar-refractivity contribution in [3.8, 4) is 0 Å². The molecule has 0 bridgehead atoms. The van der Waals surface area contributed by atoms with Gasteiger partial charge in [-0.25, -0.2) is 0 Å². The van der Waals surface area contributed by atoms with Gasteiger partial charge in [0.05, 0.1) is 5.76 Å². The topological polar surface area (TPSA) is 91.8 Å². The maximum Gasteiger partial charge on any atom is 0.174 e. The van der Waals surface area contributed by atoms with E-state index in [1.54, 1.807) is 6.08 Å². The molecule has 0 aromatic carbocycles. The summed E-state index contributed by atoms with van der Waals surface area (Å²) in [5.74, 6) is 1.29. The Balaban J connectivity index is 1.79. The molecule has 0 saturated heterocycles. The molecule has 148 valence electrons. The van der Waals surface area contributed by atoms with Crippen LogP contribution in [0.2, 0.25) is 0 Å². The second-order valence-corrected chi connectivity index (χ2v) is 7.26. The van der Waals surface area contributed by atoms with Crippen LogP contribution in [0.3, 0.4) is 0 Å². The van der Waals surface area contributed by atoms with Crippen molar-refractivity contribution in [2.75, 3.05) is 0 Å². The van der Waals surface area contributed by atoms with Gasteiger partial charge in [-0.1, -0.05) is 49.6 Å². The van der Waals surface area contributed by atoms with Gasteiger partial charge in [0.25, 0.3) is 0 Å². The summed E-state index contributed by atoms with van der Waals surface area (Å²) in [5.41, 5.74) is 0.948. The highest BCUT2D eigenvalue weighted by molar-refractivity contribution is 5.95. The summed E-state index contributed by atoms with van der Waals surface area (Å²) >= 11 is 0. The van der Waals surface area contributed by atoms with Crippen molar-refractivity contribution in [3.63, 3.8) is 0 Å². The number of ketones is 1. The fraction of sp³-hybridized carbons (Fsp3) is 0.619. The molecule has 1 heterocycles. The number of aromatic amines is 1. The summed E-state index contributed by atoms with van der Waals surface area (Å²) in [6.45, 7) is 4.14. The van der Waals surface area contributed by atoms with E-state index in [9.17, 15) is 9.90 Å². The number of tetrazole rings is 1. The molecule has 1 aliphatic rings. The molecule has 6 heteroatoms. The van der Waals surface area contributed by atoms with Crippen molar-refractivity contribution in [1.29, 1.82) is 0 Å². The third-order valence-corrected chi connectivity index (χ3v) is 5.21. The molecule has 2 atom stereocenters. The molecule has 1 aliphatic carbocycles. The maximum atomic E-state index is 12.2. The monoisotopic (exact) mass is 372 g/mol. The average Bonchev–Trinajstić information content (AvgIpc) is 3.31. The molecular formula is C21H32N4O2. The van der Waals surface area contributed by atoms with E-state index in [4.69, 9.17) is 0 Å². The number of hydrogen-bond acceptors (Lipinski definition) is 5. The van der Waals surface area contributed by atoms with Crippen molar-refractivity contribution >= 4 is 5.78 Å². The lowest BCUT2D eigenvalue weighted by atomic mass is 9.85. The minimum Gasteiger partial charge on any atom is -0.512 e. The number of nitrogens with zero attached hydrogens (tertiary/aromatic N) is 3. The maximum absolute atomic E-state index is 12.2. The molecule has 0 fully saturated rings. The third-order valence-electron chi connectivity index (χ3n) is 5.21. The first kappa shape index (κ1) is 21.1. The lowest BCUT2D eigenvalue weighted by molar-refractivity contribution is -0.117. The summed E-state index contributed by atoms with van der Waals surface area (Å²) in [7, 11) is 0. The molecule has 0 radical (unpaired) electrons. The van der Waals surface area contributed by atoms with Gasteiger partial charge in [0.2, 0.25) is 0 Å². The van der Waals surface area contributed by atoms with Gasteiger partial charge in [0.1, 0.15) is 0 Å². The van der Waals surface area contributed by atoms with E-state index in [2.05, 4.69) is 39.7 Å². The van der Waals surface area contributed by atoms with Gasteiger partial charge >= 0.3 is 0 Å². The minimum absolute atomic E-state index is 0.0210. The zero-order chi connectivity index (χ0) is 19.5. The Morgan fingerprint density at radius 3 is 2.85 bits per heavy atom. The number of allylic oxidation sites excluding steroid dienone is 6. The first-order valence-corrected chi connectivity index (χ1v) is 10.1. The van der Waals surface area contributed by atoms with E-state index >= 15 is 0 Å². The summed E-state index contributed by atoms with van der Waals surface area (Å²) in [4.78, 5) is 12.2. The van der Waals surface area contributed by atoms with Crippen LogP contribution in [0, 0.1) is 11.8 Å². The smallest absolute Gasteiger partial charge is 0.174 e. The van der Waals surface area contributed by atoms with E-state index in [-0.39, 0.29) is 17.6 Å². The van der Waals surface area contributed by atoms with Crippen LogP contribution in [0.4, 0.5) is 0 Å². The molecule has 2 N–H and O–H groups in total. The predicted octanol–water partition coefficient (Wildman–Crippen LogP) is 4.64. The number of carbonyl (C=O) groups excluding carboxylic acids is 1. The lowest BCUT2D eigenvalue weighted by Crippen LogP contribution is -2.17. The Morgan fingerprint density at radius 1 is 1.26 bits per heavy atom. The van der Waals surface area contributed by atoms with E-state index in [0.717, 1.165) is 43.5 Å². The number of carbonyl (C=O) groups is 1. The molecule has 0 spiro atoms. The number of aliphatic hydroxyl groups excluding tert-OH is 1. The SMILES string of the molecule is CCCCCC/C(O)=C(/C)[C@@H]1C=CC(=O)[C@H]1C/C=C\CCCc1nn[nH]n1. The van der Waals surface area contributed by atoms with Crippen LogP contribution in [0.5, 0.6) is 0 Å². The second kappa shape index (κ2) is 11.5. The number of unbranched alkanes of at least 4 members (excludes halogenated alkanes) is 4. The van der Waals surface area contributed by atoms with Gasteiger partial charge in [0, 0.05) is 24.7 Å². The van der Waals surface area contributed by atoms with Crippen molar-refractivity contribution in [2.24, 2.45) is 11.8 Å². The molecule has 0 saturated carbocycles. The molecule has 1 aromatic rings. The van der Waals surface area contributed by atoms with Crippen LogP contribution in [-0.4, -0.2) is 31.5 Å². The molecule has 0 aliphatic heterocycles. The Hall–Kier alpha value is -2.24. The minimum atomic E-state index is -0.0868. The van der Waals surface area contributed by atoms with Gasteiger partial charge in [-0.15, -0.1) is 10.2 Å². The van der Waals surface area contributed by atoms with Crippen LogP contribution in [0.1, 0.15) is 71.0 Å². The highest BCUT2D eigenvalue weighted by Crippen LogP contribution is 2.33. The summed E-state index contributed by atoms with van der Waals surface area (Å²) < 4.78 is 0. The zero-order valence-electron chi connectivity index (χ0n) is 16.5. The lowest BCUT2D eigenvalue weighted by Gasteiger charge is -2.19. The van der Waals surface area contributed by atoms with Gasteiger partial charge < -0.3 is 5.11 Å². The van der Waals surface area contributed by atoms with Crippen LogP contribution in [0.25, 0.3) is 0 Å². The highest BCUT2D eigenvalue weighted by Gasteiger charge is 2.31. The summed E-state index contributed by atoms with van der Waals surface area (Å²) in [6.07, 6.45) is 16.5. The number of H-pyrrole nitrogens is 1. The zero-order valence-corrected chi connectivity index (χ0v) is 16.5. The molecule has 0 amide bonds. The van der Waals surface area contributed by atoms with Crippen molar-refractivity contribution in [3.05, 3.63) is 41.5 Å². The molecule has 6 nitrogen and oxygen atoms in total. The van der Waals surface area contributed by atoms with Gasteiger partial charge in [-0.3, -0.25) is 4.79 Å². The molecule has 0 unspecified atom stereocenters. The van der Waals surface area contributed by atoms with E-state index < -0.39 is 0 Å². The van der Waals surface area contributed by atoms with Crippen molar-refractivity contribution in [2.45, 2.75) is 71.6 Å². The first-order chi connectivity index (χ1) is 13.1. The van der Waals surface area contributed by atoms with Crippen molar-refractivity contribution < 1.29 is 9.90 Å². The number of aromatic nitrogens is 4. The largest absolute Gasteiger partial charge is 0.512 e. The fourth-order valence-electron chi connectivity index (χ4n) is 3.48. The predicted molar refractivity (Wildman–Crippen MR) is 106 cm³/mol. The molecule has 1 aromatic heterocycles. The normalized spacial score (nSPS) is 20.6. The Labute approximate surface area is 161 Å². The fourth-order valence-corrected chi connectivity index (χ4v) is 3.48. The standard InChI is InChI=1S/C21H32N4O2/c1-3-4-5-9-12-19(26)16(2)17-14-15-20(27)18(17)11-8-6-7-10-13-21-22-24-25-23-21/h6,8,14-15,17-18,26H,3-5,7,9-13H2,1-2H3,(H,22,23,24,25)/b8-6-,19-16+/t17-,18-/m0/s1. The Bertz CT molecular complexity index is 662. The Kier molecular flexibility index (Phi) is 8.95. The number of aliphatic hydroxyl groups is 1. The average molecular weight is 373 g/mol. The molecule has 2 rings (SSSR count). The van der Waals surface area contributed by atoms with Crippen LogP contribution >= 0.6 is 0 Å². The third kappa shape index (κ3) is 6.77.